The van der Waals surface area contributed by atoms with Crippen LogP contribution in [0.5, 0.6) is 0 Å². The molecule has 1 fully saturated rings. The molecule has 1 aliphatic heterocycles. The molecular formula is C17H29N3O2S. The monoisotopic (exact) mass is 339 g/mol. The molecule has 0 saturated carbocycles. The number of ether oxygens (including phenoxy) is 1. The van der Waals surface area contributed by atoms with E-state index in [0.717, 1.165) is 36.6 Å². The molecule has 0 spiro atoms. The number of nitrogens with one attached hydrogen (secondary N) is 2. The van der Waals surface area contributed by atoms with Crippen LogP contribution in [0.1, 0.15) is 51.2 Å². The molecule has 1 aromatic heterocycles. The Labute approximate surface area is 143 Å². The number of aryl methyl sites for hydroxylation is 1. The maximum Gasteiger partial charge on any atom is 0.315 e. The number of rotatable bonds is 5. The maximum atomic E-state index is 12.0. The fourth-order valence-corrected chi connectivity index (χ4v) is 3.80. The standard InChI is InChI=1S/C17H29N3O2S/c1-5-14-20-13(11-23-14)10-19-16(21)18-9-12-7-6-8-22-15(12)17(2,3)4/h11-12,15H,5-10H2,1-4H3,(H2,18,19,21)/t12-,15+/m1/s1. The summed E-state index contributed by atoms with van der Waals surface area (Å²) in [4.78, 5) is 16.5. The number of aromatic nitrogens is 1. The Morgan fingerprint density at radius 2 is 2.22 bits per heavy atom. The van der Waals surface area contributed by atoms with Crippen molar-refractivity contribution in [2.45, 2.75) is 59.6 Å². The van der Waals surface area contributed by atoms with Gasteiger partial charge in [-0.3, -0.25) is 0 Å². The quantitative estimate of drug-likeness (QED) is 0.865. The highest BCUT2D eigenvalue weighted by Crippen LogP contribution is 2.33. The lowest BCUT2D eigenvalue weighted by Crippen LogP contribution is -2.46. The summed E-state index contributed by atoms with van der Waals surface area (Å²) in [6.45, 7) is 10.6. The molecule has 2 atom stereocenters. The van der Waals surface area contributed by atoms with Crippen molar-refractivity contribution in [1.29, 1.82) is 0 Å². The first-order valence-corrected chi connectivity index (χ1v) is 9.34. The second-order valence-corrected chi connectivity index (χ2v) is 8.15. The van der Waals surface area contributed by atoms with Crippen LogP contribution >= 0.6 is 11.3 Å². The van der Waals surface area contributed by atoms with Gasteiger partial charge in [-0.25, -0.2) is 9.78 Å². The highest BCUT2D eigenvalue weighted by Gasteiger charge is 2.35. The average molecular weight is 340 g/mol. The molecule has 2 heterocycles. The summed E-state index contributed by atoms with van der Waals surface area (Å²) in [7, 11) is 0. The maximum absolute atomic E-state index is 12.0. The van der Waals surface area contributed by atoms with Crippen LogP contribution in [0, 0.1) is 11.3 Å². The van der Waals surface area contributed by atoms with Gasteiger partial charge in [0.25, 0.3) is 0 Å². The van der Waals surface area contributed by atoms with Crippen molar-refractivity contribution in [3.63, 3.8) is 0 Å². The Morgan fingerprint density at radius 3 is 2.87 bits per heavy atom. The Hall–Kier alpha value is -1.14. The molecule has 0 bridgehead atoms. The molecule has 2 amide bonds. The van der Waals surface area contributed by atoms with Crippen LogP contribution in [0.2, 0.25) is 0 Å². The fourth-order valence-electron chi connectivity index (χ4n) is 3.06. The van der Waals surface area contributed by atoms with Crippen LogP contribution in [0.3, 0.4) is 0 Å². The van der Waals surface area contributed by atoms with Crippen LogP contribution in [-0.4, -0.2) is 30.3 Å². The van der Waals surface area contributed by atoms with Gasteiger partial charge in [-0.05, 0) is 24.7 Å². The van der Waals surface area contributed by atoms with Crippen LogP contribution in [0.25, 0.3) is 0 Å². The molecule has 0 unspecified atom stereocenters. The first-order valence-electron chi connectivity index (χ1n) is 8.46. The van der Waals surface area contributed by atoms with Crippen LogP contribution in [0.15, 0.2) is 5.38 Å². The van der Waals surface area contributed by atoms with E-state index in [1.54, 1.807) is 11.3 Å². The van der Waals surface area contributed by atoms with Crippen molar-refractivity contribution in [2.75, 3.05) is 13.2 Å². The van der Waals surface area contributed by atoms with Crippen molar-refractivity contribution in [3.05, 3.63) is 16.1 Å². The van der Waals surface area contributed by atoms with Gasteiger partial charge >= 0.3 is 6.03 Å². The first kappa shape index (κ1) is 18.2. The zero-order valence-electron chi connectivity index (χ0n) is 14.6. The molecule has 0 radical (unpaired) electrons. The summed E-state index contributed by atoms with van der Waals surface area (Å²) in [5.74, 6) is 0.375. The molecule has 5 nitrogen and oxygen atoms in total. The van der Waals surface area contributed by atoms with Crippen LogP contribution in [0.4, 0.5) is 4.79 Å². The number of carbonyl (C=O) groups excluding carboxylic acids is 1. The summed E-state index contributed by atoms with van der Waals surface area (Å²) in [6, 6.07) is -0.130. The predicted molar refractivity (Wildman–Crippen MR) is 93.6 cm³/mol. The van der Waals surface area contributed by atoms with Crippen molar-refractivity contribution in [3.8, 4) is 0 Å². The van der Waals surface area contributed by atoms with E-state index in [0.29, 0.717) is 19.0 Å². The van der Waals surface area contributed by atoms with E-state index < -0.39 is 0 Å². The van der Waals surface area contributed by atoms with Crippen molar-refractivity contribution in [2.24, 2.45) is 11.3 Å². The lowest BCUT2D eigenvalue weighted by Gasteiger charge is -2.40. The van der Waals surface area contributed by atoms with E-state index in [1.165, 1.54) is 0 Å². The minimum atomic E-state index is -0.130. The van der Waals surface area contributed by atoms with Gasteiger partial charge in [-0.15, -0.1) is 11.3 Å². The molecule has 23 heavy (non-hydrogen) atoms. The van der Waals surface area contributed by atoms with E-state index in [9.17, 15) is 4.79 Å². The van der Waals surface area contributed by atoms with Gasteiger partial charge in [0.1, 0.15) is 0 Å². The normalized spacial score (nSPS) is 21.9. The summed E-state index contributed by atoms with van der Waals surface area (Å²) < 4.78 is 5.95. The third-order valence-corrected chi connectivity index (χ3v) is 5.20. The van der Waals surface area contributed by atoms with Gasteiger partial charge in [-0.1, -0.05) is 27.7 Å². The van der Waals surface area contributed by atoms with Crippen molar-refractivity contribution < 1.29 is 9.53 Å². The molecule has 1 aromatic rings. The van der Waals surface area contributed by atoms with Gasteiger partial charge in [0.2, 0.25) is 0 Å². The van der Waals surface area contributed by atoms with E-state index in [2.05, 4.69) is 43.3 Å². The number of carbonyl (C=O) groups is 1. The Morgan fingerprint density at radius 1 is 1.43 bits per heavy atom. The lowest BCUT2D eigenvalue weighted by molar-refractivity contribution is -0.0837. The number of hydrogen-bond donors (Lipinski definition) is 2. The van der Waals surface area contributed by atoms with Gasteiger partial charge in [0.05, 0.1) is 23.4 Å². The third-order valence-electron chi connectivity index (χ3n) is 4.16. The number of thiazole rings is 1. The minimum Gasteiger partial charge on any atom is -0.377 e. The SMILES string of the molecule is CCc1nc(CNC(=O)NC[C@H]2CCCO[C@@H]2C(C)(C)C)cs1. The Kier molecular flexibility index (Phi) is 6.41. The Balaban J connectivity index is 1.76. The van der Waals surface area contributed by atoms with Crippen LogP contribution < -0.4 is 10.6 Å². The highest BCUT2D eigenvalue weighted by atomic mass is 32.1. The zero-order valence-corrected chi connectivity index (χ0v) is 15.5. The lowest BCUT2D eigenvalue weighted by atomic mass is 9.78. The minimum absolute atomic E-state index is 0.0976. The number of urea groups is 1. The highest BCUT2D eigenvalue weighted by molar-refractivity contribution is 7.09. The molecule has 0 aromatic carbocycles. The molecule has 6 heteroatoms. The van der Waals surface area contributed by atoms with Crippen molar-refractivity contribution >= 4 is 17.4 Å². The second-order valence-electron chi connectivity index (χ2n) is 7.21. The number of amides is 2. The summed E-state index contributed by atoms with van der Waals surface area (Å²) in [6.07, 6.45) is 3.31. The topological polar surface area (TPSA) is 63.2 Å². The molecule has 0 aliphatic carbocycles. The molecule has 1 aliphatic rings. The number of nitrogens with zero attached hydrogens (tertiary/aromatic N) is 1. The zero-order chi connectivity index (χ0) is 16.9. The molecular weight excluding hydrogens is 310 g/mol. The summed E-state index contributed by atoms with van der Waals surface area (Å²) in [5.41, 5.74) is 1.02. The molecule has 2 N–H and O–H groups in total. The van der Waals surface area contributed by atoms with Gasteiger partial charge in [-0.2, -0.15) is 0 Å². The smallest absolute Gasteiger partial charge is 0.315 e. The summed E-state index contributed by atoms with van der Waals surface area (Å²) >= 11 is 1.64. The van der Waals surface area contributed by atoms with Gasteiger partial charge < -0.3 is 15.4 Å². The first-order chi connectivity index (χ1) is 10.9. The van der Waals surface area contributed by atoms with E-state index in [4.69, 9.17) is 4.74 Å². The molecule has 130 valence electrons. The summed E-state index contributed by atoms with van der Waals surface area (Å²) in [5, 5.41) is 8.98. The fraction of sp³-hybridized carbons (Fsp3) is 0.765. The van der Waals surface area contributed by atoms with Crippen molar-refractivity contribution in [1.82, 2.24) is 15.6 Å². The Bertz CT molecular complexity index is 510. The average Bonchev–Trinajstić information content (AvgIpc) is 2.98. The van der Waals surface area contributed by atoms with Gasteiger partial charge in [0.15, 0.2) is 0 Å². The van der Waals surface area contributed by atoms with Crippen LogP contribution in [-0.2, 0) is 17.7 Å². The third kappa shape index (κ3) is 5.46. The number of hydrogen-bond acceptors (Lipinski definition) is 4. The molecule has 1 saturated heterocycles. The van der Waals surface area contributed by atoms with E-state index >= 15 is 0 Å². The van der Waals surface area contributed by atoms with Gasteiger partial charge in [0, 0.05) is 24.4 Å². The second kappa shape index (κ2) is 8.11. The predicted octanol–water partition coefficient (Wildman–Crippen LogP) is 3.35. The largest absolute Gasteiger partial charge is 0.377 e. The van der Waals surface area contributed by atoms with E-state index in [-0.39, 0.29) is 17.6 Å². The molecule has 2 rings (SSSR count). The van der Waals surface area contributed by atoms with E-state index in [1.807, 2.05) is 5.38 Å².